The fourth-order valence-corrected chi connectivity index (χ4v) is 9.50. The van der Waals surface area contributed by atoms with Crippen molar-refractivity contribution in [1.82, 2.24) is 0 Å². The minimum atomic E-state index is -3.80. The van der Waals surface area contributed by atoms with Gasteiger partial charge < -0.3 is 5.32 Å². The molecule has 33 heavy (non-hydrogen) atoms. The summed E-state index contributed by atoms with van der Waals surface area (Å²) >= 11 is 5.89. The van der Waals surface area contributed by atoms with E-state index in [0.29, 0.717) is 16.4 Å². The van der Waals surface area contributed by atoms with Gasteiger partial charge in [0.15, 0.2) is 0 Å². The molecule has 176 valence electrons. The van der Waals surface area contributed by atoms with E-state index < -0.39 is 10.0 Å². The molecule has 0 saturated heterocycles. The van der Waals surface area contributed by atoms with Crippen molar-refractivity contribution in [2.24, 2.45) is 21.7 Å². The van der Waals surface area contributed by atoms with Gasteiger partial charge in [-0.1, -0.05) is 38.4 Å². The lowest BCUT2D eigenvalue weighted by Gasteiger charge is -2.68. The van der Waals surface area contributed by atoms with Crippen LogP contribution in [0.15, 0.2) is 53.4 Å². The molecule has 0 atom stereocenters. The van der Waals surface area contributed by atoms with Crippen molar-refractivity contribution in [1.29, 1.82) is 0 Å². The topological polar surface area (TPSA) is 75.3 Å². The average Bonchev–Trinajstić information content (AvgIpc) is 2.66. The van der Waals surface area contributed by atoms with Crippen molar-refractivity contribution in [2.75, 3.05) is 10.0 Å². The molecule has 2 aromatic carbocycles. The SMILES string of the molecule is CC12CC3(C)CC(C)(C1)CC(C(=O)Nc1cccc(S(=O)(=O)Nc4ccc(Cl)cc4)c1)(C2)C3. The Morgan fingerprint density at radius 3 is 1.91 bits per heavy atom. The molecule has 0 aliphatic heterocycles. The molecule has 0 radical (unpaired) electrons. The first-order valence-electron chi connectivity index (χ1n) is 11.5. The van der Waals surface area contributed by atoms with Gasteiger partial charge in [-0.05, 0) is 97.2 Å². The normalized spacial score (nSPS) is 34.8. The summed E-state index contributed by atoms with van der Waals surface area (Å²) in [6, 6.07) is 13.0. The number of hydrogen-bond acceptors (Lipinski definition) is 3. The maximum atomic E-state index is 13.7. The fourth-order valence-electron chi connectivity index (χ4n) is 8.27. The first-order valence-corrected chi connectivity index (χ1v) is 13.4. The van der Waals surface area contributed by atoms with Crippen molar-refractivity contribution in [3.63, 3.8) is 0 Å². The highest BCUT2D eigenvalue weighted by Crippen LogP contribution is 2.73. The lowest BCUT2D eigenvalue weighted by atomic mass is 9.36. The number of benzene rings is 2. The van der Waals surface area contributed by atoms with E-state index >= 15 is 0 Å². The average molecular weight is 487 g/mol. The number of halogens is 1. The molecule has 0 spiro atoms. The Morgan fingerprint density at radius 2 is 1.36 bits per heavy atom. The van der Waals surface area contributed by atoms with Gasteiger partial charge in [-0.3, -0.25) is 9.52 Å². The second-order valence-electron chi connectivity index (χ2n) is 11.9. The summed E-state index contributed by atoms with van der Waals surface area (Å²) in [7, 11) is -3.80. The zero-order valence-electron chi connectivity index (χ0n) is 19.4. The Kier molecular flexibility index (Phi) is 4.97. The number of rotatable bonds is 5. The van der Waals surface area contributed by atoms with E-state index in [9.17, 15) is 13.2 Å². The highest BCUT2D eigenvalue weighted by atomic mass is 35.5. The molecule has 4 aliphatic carbocycles. The van der Waals surface area contributed by atoms with Crippen LogP contribution in [0.2, 0.25) is 5.02 Å². The number of carbonyl (C=O) groups is 1. The monoisotopic (exact) mass is 486 g/mol. The Balaban J connectivity index is 1.38. The standard InChI is InChI=1S/C26H31ClN2O3S/c1-23-12-24(2)14-25(3,13-23)17-26(15-23,16-24)22(30)28-20-5-4-6-21(11-20)33(31,32)29-19-9-7-18(27)8-10-19/h4-11,29H,12-17H2,1-3H3,(H,28,30). The van der Waals surface area contributed by atoms with Gasteiger partial charge in [-0.25, -0.2) is 8.42 Å². The second kappa shape index (κ2) is 7.22. The summed E-state index contributed by atoms with van der Waals surface area (Å²) in [5.74, 6) is 0.0329. The molecule has 0 aromatic heterocycles. The van der Waals surface area contributed by atoms with Gasteiger partial charge in [0, 0.05) is 16.4 Å². The summed E-state index contributed by atoms with van der Waals surface area (Å²) in [6.07, 6.45) is 6.30. The molecule has 4 fully saturated rings. The molecule has 0 unspecified atom stereocenters. The Bertz CT molecular complexity index is 1170. The minimum Gasteiger partial charge on any atom is -0.326 e. The van der Waals surface area contributed by atoms with Gasteiger partial charge in [0.2, 0.25) is 5.91 Å². The molecule has 2 N–H and O–H groups in total. The number of nitrogens with one attached hydrogen (secondary N) is 2. The highest BCUT2D eigenvalue weighted by molar-refractivity contribution is 7.92. The van der Waals surface area contributed by atoms with Gasteiger partial charge in [0.25, 0.3) is 10.0 Å². The van der Waals surface area contributed by atoms with E-state index in [0.717, 1.165) is 19.3 Å². The van der Waals surface area contributed by atoms with Crippen molar-refractivity contribution < 1.29 is 13.2 Å². The molecular weight excluding hydrogens is 456 g/mol. The molecular formula is C26H31ClN2O3S. The number of amides is 1. The third kappa shape index (κ3) is 4.17. The van der Waals surface area contributed by atoms with Gasteiger partial charge in [-0.2, -0.15) is 0 Å². The van der Waals surface area contributed by atoms with Crippen molar-refractivity contribution in [2.45, 2.75) is 64.2 Å². The molecule has 2 aromatic rings. The van der Waals surface area contributed by atoms with Crippen molar-refractivity contribution in [3.05, 3.63) is 53.6 Å². The predicted molar refractivity (Wildman–Crippen MR) is 132 cm³/mol. The van der Waals surface area contributed by atoms with E-state index in [1.54, 1.807) is 36.4 Å². The van der Waals surface area contributed by atoms with E-state index in [2.05, 4.69) is 30.8 Å². The predicted octanol–water partition coefficient (Wildman–Crippen LogP) is 6.47. The summed E-state index contributed by atoms with van der Waals surface area (Å²) in [5, 5.41) is 3.62. The summed E-state index contributed by atoms with van der Waals surface area (Å²) < 4.78 is 28.4. The van der Waals surface area contributed by atoms with Gasteiger partial charge in [-0.15, -0.1) is 0 Å². The zero-order chi connectivity index (χ0) is 23.7. The van der Waals surface area contributed by atoms with Crippen molar-refractivity contribution >= 4 is 38.9 Å². The lowest BCUT2D eigenvalue weighted by Crippen LogP contribution is -2.62. The van der Waals surface area contributed by atoms with Crippen LogP contribution in [0.5, 0.6) is 0 Å². The van der Waals surface area contributed by atoms with Crippen LogP contribution in [-0.4, -0.2) is 14.3 Å². The largest absolute Gasteiger partial charge is 0.326 e. The van der Waals surface area contributed by atoms with Gasteiger partial charge in [0.1, 0.15) is 0 Å². The highest BCUT2D eigenvalue weighted by Gasteiger charge is 2.66. The summed E-state index contributed by atoms with van der Waals surface area (Å²) in [6.45, 7) is 7.04. The first kappa shape index (κ1) is 22.7. The number of anilines is 2. The first-order chi connectivity index (χ1) is 15.3. The van der Waals surface area contributed by atoms with Crippen molar-refractivity contribution in [3.8, 4) is 0 Å². The lowest BCUT2D eigenvalue weighted by molar-refractivity contribution is -0.188. The molecule has 1 amide bonds. The van der Waals surface area contributed by atoms with E-state index in [1.807, 2.05) is 0 Å². The molecule has 6 rings (SSSR count). The van der Waals surface area contributed by atoms with Crippen LogP contribution in [0.4, 0.5) is 11.4 Å². The molecule has 4 bridgehead atoms. The summed E-state index contributed by atoms with van der Waals surface area (Å²) in [5.41, 5.74) is 1.14. The summed E-state index contributed by atoms with van der Waals surface area (Å²) in [4.78, 5) is 13.8. The molecule has 4 saturated carbocycles. The molecule has 0 heterocycles. The van der Waals surface area contributed by atoms with Crippen LogP contribution in [0.1, 0.15) is 59.3 Å². The Labute approximate surface area is 201 Å². The zero-order valence-corrected chi connectivity index (χ0v) is 20.9. The number of sulfonamides is 1. The number of carbonyl (C=O) groups excluding carboxylic acids is 1. The second-order valence-corrected chi connectivity index (χ2v) is 14.0. The Hall–Kier alpha value is -2.05. The minimum absolute atomic E-state index is 0.0329. The molecule has 5 nitrogen and oxygen atoms in total. The molecule has 4 aliphatic rings. The fraction of sp³-hybridized carbons (Fsp3) is 0.500. The Morgan fingerprint density at radius 1 is 0.818 bits per heavy atom. The van der Waals surface area contributed by atoms with E-state index in [4.69, 9.17) is 11.6 Å². The molecule has 7 heteroatoms. The van der Waals surface area contributed by atoms with Gasteiger partial charge in [0.05, 0.1) is 10.3 Å². The maximum Gasteiger partial charge on any atom is 0.261 e. The smallest absolute Gasteiger partial charge is 0.261 e. The van der Waals surface area contributed by atoms with Crippen LogP contribution in [-0.2, 0) is 14.8 Å². The third-order valence-corrected chi connectivity index (χ3v) is 9.47. The van der Waals surface area contributed by atoms with Crippen LogP contribution in [0.25, 0.3) is 0 Å². The van der Waals surface area contributed by atoms with Crippen LogP contribution in [0, 0.1) is 21.7 Å². The van der Waals surface area contributed by atoms with Crippen LogP contribution >= 0.6 is 11.6 Å². The third-order valence-electron chi connectivity index (χ3n) is 7.84. The van der Waals surface area contributed by atoms with E-state index in [-0.39, 0.29) is 32.5 Å². The van der Waals surface area contributed by atoms with Gasteiger partial charge >= 0.3 is 0 Å². The van der Waals surface area contributed by atoms with E-state index in [1.165, 1.54) is 31.4 Å². The maximum absolute atomic E-state index is 13.7. The quantitative estimate of drug-likeness (QED) is 0.508. The van der Waals surface area contributed by atoms with Crippen LogP contribution < -0.4 is 10.0 Å². The number of hydrogen-bond donors (Lipinski definition) is 2. The van der Waals surface area contributed by atoms with Crippen LogP contribution in [0.3, 0.4) is 0 Å².